The molecule has 0 aromatic heterocycles. The lowest BCUT2D eigenvalue weighted by Gasteiger charge is -2.23. The zero-order valence-electron chi connectivity index (χ0n) is 11.9. The number of nitrogens with one attached hydrogen (secondary N) is 1. The van der Waals surface area contributed by atoms with Crippen LogP contribution in [-0.4, -0.2) is 50.5 Å². The number of amides is 2. The number of halogens is 1. The predicted octanol–water partition coefficient (Wildman–Crippen LogP) is 1.71. The first-order valence-corrected chi connectivity index (χ1v) is 9.03. The molecular weight excluding hydrogens is 312 g/mol. The average Bonchev–Trinajstić information content (AvgIpc) is 2.80. The molecule has 1 unspecified atom stereocenters. The smallest absolute Gasteiger partial charge is 0.317 e. The zero-order valence-corrected chi connectivity index (χ0v) is 13.5. The van der Waals surface area contributed by atoms with Crippen molar-refractivity contribution in [3.05, 3.63) is 34.9 Å². The van der Waals surface area contributed by atoms with Crippen molar-refractivity contribution in [2.45, 2.75) is 18.9 Å². The molecule has 2 rings (SSSR count). The van der Waals surface area contributed by atoms with Crippen LogP contribution >= 0.6 is 11.6 Å². The van der Waals surface area contributed by atoms with E-state index < -0.39 is 9.84 Å². The van der Waals surface area contributed by atoms with Gasteiger partial charge in [-0.15, -0.1) is 0 Å². The molecule has 1 N–H and O–H groups in total. The second-order valence-corrected chi connectivity index (χ2v) is 7.94. The van der Waals surface area contributed by atoms with E-state index in [1.165, 1.54) is 4.90 Å². The molecule has 0 spiro atoms. The number of sulfone groups is 1. The Kier molecular flexibility index (Phi) is 5.11. The van der Waals surface area contributed by atoms with Crippen LogP contribution in [0.4, 0.5) is 4.79 Å². The molecule has 0 bridgehead atoms. The van der Waals surface area contributed by atoms with Gasteiger partial charge in [-0.1, -0.05) is 23.7 Å². The van der Waals surface area contributed by atoms with E-state index in [1.807, 2.05) is 24.3 Å². The van der Waals surface area contributed by atoms with Gasteiger partial charge in [0, 0.05) is 24.7 Å². The SMILES string of the molecule is CN(C(=O)NCCc1ccc(Cl)cc1)C1CCS(=O)(=O)C1. The molecule has 2 amide bonds. The third kappa shape index (κ3) is 4.61. The molecular formula is C14H19ClN2O3S. The first-order valence-electron chi connectivity index (χ1n) is 6.83. The van der Waals surface area contributed by atoms with Crippen molar-refractivity contribution < 1.29 is 13.2 Å². The molecule has 1 fully saturated rings. The standard InChI is InChI=1S/C14H19ClN2O3S/c1-17(13-7-9-21(19,20)10-13)14(18)16-8-6-11-2-4-12(15)5-3-11/h2-5,13H,6-10H2,1H3,(H,16,18). The van der Waals surface area contributed by atoms with Crippen molar-refractivity contribution in [2.75, 3.05) is 25.1 Å². The van der Waals surface area contributed by atoms with E-state index in [0.29, 0.717) is 24.4 Å². The minimum Gasteiger partial charge on any atom is -0.338 e. The fourth-order valence-electron chi connectivity index (χ4n) is 2.34. The lowest BCUT2D eigenvalue weighted by molar-refractivity contribution is 0.195. The van der Waals surface area contributed by atoms with Gasteiger partial charge in [0.05, 0.1) is 11.5 Å². The molecule has 21 heavy (non-hydrogen) atoms. The van der Waals surface area contributed by atoms with E-state index in [2.05, 4.69) is 5.32 Å². The summed E-state index contributed by atoms with van der Waals surface area (Å²) in [6.45, 7) is 0.504. The topological polar surface area (TPSA) is 66.5 Å². The van der Waals surface area contributed by atoms with E-state index in [-0.39, 0.29) is 23.6 Å². The summed E-state index contributed by atoms with van der Waals surface area (Å²) in [5.41, 5.74) is 1.09. The van der Waals surface area contributed by atoms with E-state index in [0.717, 1.165) is 5.56 Å². The van der Waals surface area contributed by atoms with Gasteiger partial charge in [-0.2, -0.15) is 0 Å². The monoisotopic (exact) mass is 330 g/mol. The van der Waals surface area contributed by atoms with Crippen molar-refractivity contribution in [1.82, 2.24) is 10.2 Å². The summed E-state index contributed by atoms with van der Waals surface area (Å²) >= 11 is 5.81. The summed E-state index contributed by atoms with van der Waals surface area (Å²) in [5, 5.41) is 3.49. The van der Waals surface area contributed by atoms with Crippen LogP contribution in [0.2, 0.25) is 5.02 Å². The van der Waals surface area contributed by atoms with Gasteiger partial charge in [-0.3, -0.25) is 0 Å². The zero-order chi connectivity index (χ0) is 15.5. The van der Waals surface area contributed by atoms with Crippen molar-refractivity contribution in [2.24, 2.45) is 0 Å². The van der Waals surface area contributed by atoms with Gasteiger partial charge >= 0.3 is 6.03 Å². The third-order valence-corrected chi connectivity index (χ3v) is 5.68. The third-order valence-electron chi connectivity index (χ3n) is 3.68. The first kappa shape index (κ1) is 16.1. The van der Waals surface area contributed by atoms with Crippen LogP contribution in [0.25, 0.3) is 0 Å². The van der Waals surface area contributed by atoms with E-state index in [9.17, 15) is 13.2 Å². The molecule has 0 aliphatic carbocycles. The van der Waals surface area contributed by atoms with E-state index in [1.54, 1.807) is 7.05 Å². The summed E-state index contributed by atoms with van der Waals surface area (Å²) in [6.07, 6.45) is 1.23. The minimum absolute atomic E-state index is 0.0636. The molecule has 1 heterocycles. The summed E-state index contributed by atoms with van der Waals surface area (Å²) in [5.74, 6) is 0.230. The minimum atomic E-state index is -2.98. The van der Waals surface area contributed by atoms with Crippen LogP contribution in [0, 0.1) is 0 Å². The van der Waals surface area contributed by atoms with Gasteiger partial charge in [-0.25, -0.2) is 13.2 Å². The molecule has 0 saturated carbocycles. The molecule has 1 aliphatic rings. The maximum Gasteiger partial charge on any atom is 0.317 e. The van der Waals surface area contributed by atoms with Gasteiger partial charge in [0.15, 0.2) is 9.84 Å². The molecule has 116 valence electrons. The Bertz CT molecular complexity index is 601. The Hall–Kier alpha value is -1.27. The van der Waals surface area contributed by atoms with Gasteiger partial charge in [-0.05, 0) is 30.5 Å². The number of rotatable bonds is 4. The summed E-state index contributed by atoms with van der Waals surface area (Å²) in [7, 11) is -1.33. The number of hydrogen-bond acceptors (Lipinski definition) is 3. The molecule has 5 nitrogen and oxygen atoms in total. The second-order valence-electron chi connectivity index (χ2n) is 5.28. The van der Waals surface area contributed by atoms with Crippen molar-refractivity contribution >= 4 is 27.5 Å². The first-order chi connectivity index (χ1) is 9.87. The Labute approximate surface area is 130 Å². The van der Waals surface area contributed by atoms with Gasteiger partial charge < -0.3 is 10.2 Å². The second kappa shape index (κ2) is 6.66. The summed E-state index contributed by atoms with van der Waals surface area (Å²) in [6, 6.07) is 7.02. The summed E-state index contributed by atoms with van der Waals surface area (Å²) in [4.78, 5) is 13.5. The Morgan fingerprint density at radius 2 is 2.05 bits per heavy atom. The van der Waals surface area contributed by atoms with Crippen molar-refractivity contribution in [3.63, 3.8) is 0 Å². The highest BCUT2D eigenvalue weighted by molar-refractivity contribution is 7.91. The quantitative estimate of drug-likeness (QED) is 0.914. The molecule has 7 heteroatoms. The molecule has 1 atom stereocenters. The van der Waals surface area contributed by atoms with E-state index in [4.69, 9.17) is 11.6 Å². The lowest BCUT2D eigenvalue weighted by Crippen LogP contribution is -2.44. The Balaban J connectivity index is 1.78. The van der Waals surface area contributed by atoms with Crippen LogP contribution < -0.4 is 5.32 Å². The Morgan fingerprint density at radius 3 is 2.62 bits per heavy atom. The number of carbonyl (C=O) groups excluding carboxylic acids is 1. The maximum absolute atomic E-state index is 12.0. The molecule has 1 aliphatic heterocycles. The fraction of sp³-hybridized carbons (Fsp3) is 0.500. The number of carbonyl (C=O) groups is 1. The number of benzene rings is 1. The highest BCUT2D eigenvalue weighted by Gasteiger charge is 2.32. The van der Waals surface area contributed by atoms with E-state index >= 15 is 0 Å². The average molecular weight is 331 g/mol. The predicted molar refractivity (Wildman–Crippen MR) is 83.4 cm³/mol. The normalized spacial score (nSPS) is 20.2. The Morgan fingerprint density at radius 1 is 1.38 bits per heavy atom. The van der Waals surface area contributed by atoms with Crippen LogP contribution in [-0.2, 0) is 16.3 Å². The van der Waals surface area contributed by atoms with Crippen LogP contribution in [0.3, 0.4) is 0 Å². The number of nitrogens with zero attached hydrogens (tertiary/aromatic N) is 1. The lowest BCUT2D eigenvalue weighted by atomic mass is 10.1. The van der Waals surface area contributed by atoms with Gasteiger partial charge in [0.25, 0.3) is 0 Å². The number of urea groups is 1. The van der Waals surface area contributed by atoms with Crippen LogP contribution in [0.5, 0.6) is 0 Å². The summed E-state index contributed by atoms with van der Waals surface area (Å²) < 4.78 is 22.9. The molecule has 1 saturated heterocycles. The van der Waals surface area contributed by atoms with Crippen molar-refractivity contribution in [3.8, 4) is 0 Å². The molecule has 0 radical (unpaired) electrons. The van der Waals surface area contributed by atoms with Crippen LogP contribution in [0.15, 0.2) is 24.3 Å². The van der Waals surface area contributed by atoms with Gasteiger partial charge in [0.1, 0.15) is 0 Å². The highest BCUT2D eigenvalue weighted by atomic mass is 35.5. The number of hydrogen-bond donors (Lipinski definition) is 1. The molecule has 1 aromatic rings. The fourth-order valence-corrected chi connectivity index (χ4v) is 4.24. The van der Waals surface area contributed by atoms with Crippen molar-refractivity contribution in [1.29, 1.82) is 0 Å². The largest absolute Gasteiger partial charge is 0.338 e. The highest BCUT2D eigenvalue weighted by Crippen LogP contribution is 2.16. The van der Waals surface area contributed by atoms with Gasteiger partial charge in [0.2, 0.25) is 0 Å². The maximum atomic E-state index is 12.0. The van der Waals surface area contributed by atoms with Crippen LogP contribution in [0.1, 0.15) is 12.0 Å². The molecule has 1 aromatic carbocycles.